The molecule has 2 unspecified atom stereocenters. The zero-order valence-corrected chi connectivity index (χ0v) is 7.59. The Bertz CT molecular complexity index is 134. The van der Waals surface area contributed by atoms with Crippen molar-refractivity contribution in [3.05, 3.63) is 6.92 Å². The standard InChI is InChI=1S/C9H17O2/c1-7(2)5-9(4)10-6-8(3)11-9/h7-8H,3,5-6H2,1-2,4H3. The van der Waals surface area contributed by atoms with E-state index in [4.69, 9.17) is 9.47 Å². The number of ether oxygens (including phenoxy) is 2. The summed E-state index contributed by atoms with van der Waals surface area (Å²) in [6, 6.07) is 0. The van der Waals surface area contributed by atoms with Crippen molar-refractivity contribution in [1.82, 2.24) is 0 Å². The second-order valence-corrected chi connectivity index (χ2v) is 3.78. The van der Waals surface area contributed by atoms with Crippen molar-refractivity contribution in [2.75, 3.05) is 6.61 Å². The van der Waals surface area contributed by atoms with Crippen molar-refractivity contribution in [3.63, 3.8) is 0 Å². The van der Waals surface area contributed by atoms with Gasteiger partial charge in [-0.2, -0.15) is 0 Å². The quantitative estimate of drug-likeness (QED) is 0.610. The fourth-order valence-electron chi connectivity index (χ4n) is 1.54. The third kappa shape index (κ3) is 2.46. The summed E-state index contributed by atoms with van der Waals surface area (Å²) in [5, 5.41) is 0. The van der Waals surface area contributed by atoms with Crippen LogP contribution < -0.4 is 0 Å². The Hall–Kier alpha value is -0.0800. The van der Waals surface area contributed by atoms with Gasteiger partial charge in [0.2, 0.25) is 0 Å². The van der Waals surface area contributed by atoms with Crippen molar-refractivity contribution in [3.8, 4) is 0 Å². The molecule has 0 spiro atoms. The molecule has 2 nitrogen and oxygen atoms in total. The van der Waals surface area contributed by atoms with Gasteiger partial charge in [-0.15, -0.1) is 0 Å². The lowest BCUT2D eigenvalue weighted by Crippen LogP contribution is -2.28. The van der Waals surface area contributed by atoms with Crippen LogP contribution in [0, 0.1) is 12.8 Å². The van der Waals surface area contributed by atoms with E-state index in [0.29, 0.717) is 12.5 Å². The summed E-state index contributed by atoms with van der Waals surface area (Å²) in [7, 11) is 0. The van der Waals surface area contributed by atoms with Crippen LogP contribution >= 0.6 is 0 Å². The normalized spacial score (nSPS) is 38.5. The van der Waals surface area contributed by atoms with E-state index < -0.39 is 0 Å². The molecule has 0 aromatic heterocycles. The minimum atomic E-state index is -0.374. The third-order valence-corrected chi connectivity index (χ3v) is 1.77. The molecule has 1 fully saturated rings. The minimum absolute atomic E-state index is 0.0127. The number of hydrogen-bond donors (Lipinski definition) is 0. The average Bonchev–Trinajstić information content (AvgIpc) is 2.08. The molecule has 1 rings (SSSR count). The van der Waals surface area contributed by atoms with Crippen LogP contribution in [0.1, 0.15) is 27.2 Å². The highest BCUT2D eigenvalue weighted by molar-refractivity contribution is 4.76. The lowest BCUT2D eigenvalue weighted by Gasteiger charge is -2.24. The van der Waals surface area contributed by atoms with E-state index in [1.165, 1.54) is 0 Å². The molecule has 0 aromatic rings. The molecule has 0 saturated carbocycles. The maximum atomic E-state index is 5.53. The zero-order chi connectivity index (χ0) is 8.48. The van der Waals surface area contributed by atoms with Gasteiger partial charge in [0.25, 0.3) is 0 Å². The molecule has 65 valence electrons. The molecule has 1 aliphatic heterocycles. The Morgan fingerprint density at radius 3 is 2.64 bits per heavy atom. The van der Waals surface area contributed by atoms with E-state index in [-0.39, 0.29) is 11.9 Å². The predicted molar refractivity (Wildman–Crippen MR) is 44.0 cm³/mol. The van der Waals surface area contributed by atoms with Crippen molar-refractivity contribution < 1.29 is 9.47 Å². The molecule has 0 bridgehead atoms. The lowest BCUT2D eigenvalue weighted by atomic mass is 10.0. The molecule has 2 atom stereocenters. The molecule has 11 heavy (non-hydrogen) atoms. The van der Waals surface area contributed by atoms with Gasteiger partial charge in [-0.1, -0.05) is 13.8 Å². The molecular formula is C9H17O2. The fourth-order valence-corrected chi connectivity index (χ4v) is 1.54. The van der Waals surface area contributed by atoms with E-state index in [2.05, 4.69) is 20.8 Å². The van der Waals surface area contributed by atoms with Crippen LogP contribution in [-0.4, -0.2) is 18.5 Å². The molecule has 1 aliphatic rings. The highest BCUT2D eigenvalue weighted by Gasteiger charge is 2.35. The Labute approximate surface area is 68.9 Å². The molecule has 0 aromatic carbocycles. The van der Waals surface area contributed by atoms with Crippen molar-refractivity contribution >= 4 is 0 Å². The first kappa shape index (κ1) is 9.01. The highest BCUT2D eigenvalue weighted by atomic mass is 16.7. The van der Waals surface area contributed by atoms with Crippen LogP contribution in [0.4, 0.5) is 0 Å². The topological polar surface area (TPSA) is 18.5 Å². The summed E-state index contributed by atoms with van der Waals surface area (Å²) in [4.78, 5) is 0. The summed E-state index contributed by atoms with van der Waals surface area (Å²) in [6.07, 6.45) is 0.956. The largest absolute Gasteiger partial charge is 0.348 e. The van der Waals surface area contributed by atoms with Gasteiger partial charge in [0.15, 0.2) is 5.79 Å². The van der Waals surface area contributed by atoms with Crippen LogP contribution in [0.5, 0.6) is 0 Å². The molecule has 0 N–H and O–H groups in total. The summed E-state index contributed by atoms with van der Waals surface area (Å²) >= 11 is 0. The molecular weight excluding hydrogens is 140 g/mol. The predicted octanol–water partition coefficient (Wildman–Crippen LogP) is 2.00. The van der Waals surface area contributed by atoms with Gasteiger partial charge in [-0.25, -0.2) is 0 Å². The molecule has 0 aliphatic carbocycles. The van der Waals surface area contributed by atoms with E-state index in [9.17, 15) is 0 Å². The van der Waals surface area contributed by atoms with E-state index in [1.807, 2.05) is 6.92 Å². The Balaban J connectivity index is 2.42. The smallest absolute Gasteiger partial charge is 0.166 e. The second-order valence-electron chi connectivity index (χ2n) is 3.78. The first-order valence-corrected chi connectivity index (χ1v) is 4.17. The minimum Gasteiger partial charge on any atom is -0.348 e. The Morgan fingerprint density at radius 1 is 1.64 bits per heavy atom. The first-order chi connectivity index (χ1) is 5.02. The Morgan fingerprint density at radius 2 is 2.27 bits per heavy atom. The van der Waals surface area contributed by atoms with Gasteiger partial charge >= 0.3 is 0 Å². The zero-order valence-electron chi connectivity index (χ0n) is 7.59. The fraction of sp³-hybridized carbons (Fsp3) is 0.889. The second kappa shape index (κ2) is 3.11. The summed E-state index contributed by atoms with van der Waals surface area (Å²) in [5.41, 5.74) is 0. The van der Waals surface area contributed by atoms with Gasteiger partial charge in [-0.05, 0) is 19.8 Å². The number of hydrogen-bond acceptors (Lipinski definition) is 2. The SMILES string of the molecule is [CH2]C1COC(C)(CC(C)C)O1. The van der Waals surface area contributed by atoms with E-state index in [0.717, 1.165) is 6.42 Å². The van der Waals surface area contributed by atoms with E-state index in [1.54, 1.807) is 0 Å². The van der Waals surface area contributed by atoms with Crippen molar-refractivity contribution in [2.24, 2.45) is 5.92 Å². The maximum absolute atomic E-state index is 5.53. The Kier molecular flexibility index (Phi) is 2.55. The van der Waals surface area contributed by atoms with Crippen LogP contribution in [0.2, 0.25) is 0 Å². The lowest BCUT2D eigenvalue weighted by molar-refractivity contribution is -0.160. The number of rotatable bonds is 2. The van der Waals surface area contributed by atoms with Crippen LogP contribution in [-0.2, 0) is 9.47 Å². The first-order valence-electron chi connectivity index (χ1n) is 4.17. The molecule has 1 saturated heterocycles. The molecule has 1 radical (unpaired) electrons. The highest BCUT2D eigenvalue weighted by Crippen LogP contribution is 2.29. The van der Waals surface area contributed by atoms with Gasteiger partial charge in [0, 0.05) is 6.42 Å². The van der Waals surface area contributed by atoms with Crippen molar-refractivity contribution in [2.45, 2.75) is 39.1 Å². The van der Waals surface area contributed by atoms with Crippen molar-refractivity contribution in [1.29, 1.82) is 0 Å². The molecule has 2 heteroatoms. The summed E-state index contributed by atoms with van der Waals surface area (Å²) in [5.74, 6) is 0.228. The summed E-state index contributed by atoms with van der Waals surface area (Å²) in [6.45, 7) is 10.7. The van der Waals surface area contributed by atoms with Gasteiger partial charge < -0.3 is 9.47 Å². The van der Waals surface area contributed by atoms with E-state index >= 15 is 0 Å². The van der Waals surface area contributed by atoms with Crippen LogP contribution in [0.25, 0.3) is 0 Å². The maximum Gasteiger partial charge on any atom is 0.166 e. The summed E-state index contributed by atoms with van der Waals surface area (Å²) < 4.78 is 11.0. The third-order valence-electron chi connectivity index (χ3n) is 1.77. The van der Waals surface area contributed by atoms with Crippen LogP contribution in [0.3, 0.4) is 0 Å². The monoisotopic (exact) mass is 157 g/mol. The van der Waals surface area contributed by atoms with Gasteiger partial charge in [-0.3, -0.25) is 0 Å². The van der Waals surface area contributed by atoms with Crippen LogP contribution in [0.15, 0.2) is 0 Å². The molecule has 1 heterocycles. The van der Waals surface area contributed by atoms with Gasteiger partial charge in [0.05, 0.1) is 12.7 Å². The molecule has 0 amide bonds. The van der Waals surface area contributed by atoms with Gasteiger partial charge in [0.1, 0.15) is 0 Å². The average molecular weight is 157 g/mol.